The lowest BCUT2D eigenvalue weighted by atomic mass is 9.75. The van der Waals surface area contributed by atoms with Crippen molar-refractivity contribution >= 4 is 0 Å². The molecule has 0 saturated heterocycles. The third-order valence-electron chi connectivity index (χ3n) is 7.51. The number of aryl methyl sites for hydroxylation is 4. The first-order chi connectivity index (χ1) is 17.4. The maximum absolute atomic E-state index is 10.9. The van der Waals surface area contributed by atoms with Crippen LogP contribution in [-0.4, -0.2) is 20.4 Å². The van der Waals surface area contributed by atoms with Crippen molar-refractivity contribution in [3.8, 4) is 23.0 Å². The molecule has 0 aliphatic rings. The molecule has 4 heteroatoms. The fourth-order valence-corrected chi connectivity index (χ4v) is 4.96. The summed E-state index contributed by atoms with van der Waals surface area (Å²) in [6.07, 6.45) is 1.11. The van der Waals surface area contributed by atoms with Gasteiger partial charge in [-0.05, 0) is 95.5 Å². The zero-order valence-electron chi connectivity index (χ0n) is 22.5. The molecule has 0 amide bonds. The van der Waals surface area contributed by atoms with Crippen LogP contribution < -0.4 is 0 Å². The summed E-state index contributed by atoms with van der Waals surface area (Å²) in [5.74, 6) is 1.10. The van der Waals surface area contributed by atoms with Crippen molar-refractivity contribution in [2.75, 3.05) is 0 Å². The molecule has 4 rings (SSSR count). The summed E-state index contributed by atoms with van der Waals surface area (Å²) < 4.78 is 0. The van der Waals surface area contributed by atoms with Crippen molar-refractivity contribution in [3.05, 3.63) is 116 Å². The van der Waals surface area contributed by atoms with E-state index in [0.717, 1.165) is 55.6 Å². The van der Waals surface area contributed by atoms with E-state index in [1.807, 2.05) is 64.1 Å². The van der Waals surface area contributed by atoms with Crippen LogP contribution in [0, 0.1) is 27.7 Å². The van der Waals surface area contributed by atoms with Crippen LogP contribution in [0.4, 0.5) is 0 Å². The quantitative estimate of drug-likeness (QED) is 0.227. The average Bonchev–Trinajstić information content (AvgIpc) is 2.84. The van der Waals surface area contributed by atoms with Crippen molar-refractivity contribution in [1.82, 2.24) is 0 Å². The van der Waals surface area contributed by atoms with Crippen molar-refractivity contribution in [1.29, 1.82) is 0 Å². The third-order valence-corrected chi connectivity index (χ3v) is 7.51. The maximum Gasteiger partial charge on any atom is 0.122 e. The largest absolute Gasteiger partial charge is 0.508 e. The van der Waals surface area contributed by atoms with Gasteiger partial charge in [0.1, 0.15) is 23.0 Å². The Morgan fingerprint density at radius 2 is 0.892 bits per heavy atom. The van der Waals surface area contributed by atoms with Crippen LogP contribution in [0.15, 0.2) is 60.7 Å². The first-order valence-corrected chi connectivity index (χ1v) is 12.6. The number of phenolic OH excluding ortho intramolecular Hbond substituents is 4. The molecule has 4 aromatic rings. The highest BCUT2D eigenvalue weighted by Gasteiger charge is 2.27. The molecule has 4 N–H and O–H groups in total. The minimum absolute atomic E-state index is 0.264. The van der Waals surface area contributed by atoms with Crippen LogP contribution >= 0.6 is 0 Å². The average molecular weight is 497 g/mol. The van der Waals surface area contributed by atoms with Gasteiger partial charge in [0, 0.05) is 18.3 Å². The number of phenols is 4. The van der Waals surface area contributed by atoms with Gasteiger partial charge in [-0.2, -0.15) is 0 Å². The topological polar surface area (TPSA) is 80.9 Å². The molecule has 4 nitrogen and oxygen atoms in total. The molecule has 0 spiro atoms. The smallest absolute Gasteiger partial charge is 0.122 e. The summed E-state index contributed by atoms with van der Waals surface area (Å²) >= 11 is 0. The van der Waals surface area contributed by atoms with Crippen molar-refractivity contribution in [3.63, 3.8) is 0 Å². The van der Waals surface area contributed by atoms with Gasteiger partial charge in [-0.15, -0.1) is 0 Å². The number of aromatic hydroxyl groups is 4. The van der Waals surface area contributed by atoms with Crippen LogP contribution in [0.3, 0.4) is 0 Å². The molecule has 0 heterocycles. The Morgan fingerprint density at radius 3 is 1.24 bits per heavy atom. The number of rotatable bonds is 6. The highest BCUT2D eigenvalue weighted by molar-refractivity contribution is 5.54. The molecule has 0 unspecified atom stereocenters. The number of benzene rings is 4. The van der Waals surface area contributed by atoms with E-state index < -0.39 is 5.41 Å². The second-order valence-corrected chi connectivity index (χ2v) is 10.8. The van der Waals surface area contributed by atoms with Gasteiger partial charge in [0.05, 0.1) is 0 Å². The van der Waals surface area contributed by atoms with E-state index in [4.69, 9.17) is 0 Å². The van der Waals surface area contributed by atoms with Crippen LogP contribution in [0.25, 0.3) is 0 Å². The lowest BCUT2D eigenvalue weighted by molar-refractivity contribution is 0.463. The molecular formula is C33H36O4. The highest BCUT2D eigenvalue weighted by atomic mass is 16.3. The molecule has 0 bridgehead atoms. The molecule has 192 valence electrons. The fraction of sp³-hybridized carbons (Fsp3) is 0.273. The fourth-order valence-electron chi connectivity index (χ4n) is 4.96. The molecule has 0 radical (unpaired) electrons. The summed E-state index contributed by atoms with van der Waals surface area (Å²) in [6.45, 7) is 11.9. The summed E-state index contributed by atoms with van der Waals surface area (Å²) in [5, 5.41) is 41.5. The van der Waals surface area contributed by atoms with Crippen LogP contribution in [0.2, 0.25) is 0 Å². The van der Waals surface area contributed by atoms with Gasteiger partial charge in [0.2, 0.25) is 0 Å². The van der Waals surface area contributed by atoms with Gasteiger partial charge in [0.15, 0.2) is 0 Å². The molecule has 0 fully saturated rings. The summed E-state index contributed by atoms with van der Waals surface area (Å²) in [6, 6.07) is 19.2. The Balaban J connectivity index is 1.74. The monoisotopic (exact) mass is 496 g/mol. The Labute approximate surface area is 219 Å². The molecule has 4 aromatic carbocycles. The summed E-state index contributed by atoms with van der Waals surface area (Å²) in [7, 11) is 0. The first kappa shape index (κ1) is 26.2. The maximum atomic E-state index is 10.9. The van der Waals surface area contributed by atoms with Gasteiger partial charge in [-0.3, -0.25) is 0 Å². The van der Waals surface area contributed by atoms with Crippen molar-refractivity contribution in [2.24, 2.45) is 0 Å². The molecule has 0 aliphatic heterocycles. The summed E-state index contributed by atoms with van der Waals surface area (Å²) in [5.41, 5.74) is 8.70. The molecule has 37 heavy (non-hydrogen) atoms. The zero-order chi connectivity index (χ0) is 27.1. The van der Waals surface area contributed by atoms with Gasteiger partial charge < -0.3 is 20.4 Å². The van der Waals surface area contributed by atoms with Crippen LogP contribution in [-0.2, 0) is 18.3 Å². The lowest BCUT2D eigenvalue weighted by Gasteiger charge is -2.29. The normalized spacial score (nSPS) is 11.6. The second kappa shape index (κ2) is 9.85. The first-order valence-electron chi connectivity index (χ1n) is 12.6. The molecule has 0 aliphatic carbocycles. The van der Waals surface area contributed by atoms with Gasteiger partial charge in [-0.1, -0.05) is 62.4 Å². The second-order valence-electron chi connectivity index (χ2n) is 10.8. The molecule has 0 atom stereocenters. The van der Waals surface area contributed by atoms with E-state index in [9.17, 15) is 20.4 Å². The Hall–Kier alpha value is -3.92. The van der Waals surface area contributed by atoms with Gasteiger partial charge in [-0.25, -0.2) is 0 Å². The zero-order valence-corrected chi connectivity index (χ0v) is 22.5. The lowest BCUT2D eigenvalue weighted by Crippen LogP contribution is -2.20. The SMILES string of the molecule is Cc1cc(Cc2cc(C(C)(C)c3cc(C)c(O)c(Cc4ccc(O)c(C)c4)c3)cc(C)c2O)ccc1O. The van der Waals surface area contributed by atoms with Crippen LogP contribution in [0.1, 0.15) is 69.5 Å². The minimum Gasteiger partial charge on any atom is -0.508 e. The van der Waals surface area contributed by atoms with E-state index in [1.165, 1.54) is 0 Å². The highest BCUT2D eigenvalue weighted by Crippen LogP contribution is 2.39. The third kappa shape index (κ3) is 5.29. The number of hydrogen-bond donors (Lipinski definition) is 4. The van der Waals surface area contributed by atoms with Crippen LogP contribution in [0.5, 0.6) is 23.0 Å². The number of hydrogen-bond acceptors (Lipinski definition) is 4. The van der Waals surface area contributed by atoms with E-state index in [0.29, 0.717) is 12.8 Å². The Morgan fingerprint density at radius 1 is 0.514 bits per heavy atom. The van der Waals surface area contributed by atoms with Crippen molar-refractivity contribution < 1.29 is 20.4 Å². The Bertz CT molecular complexity index is 1370. The standard InChI is InChI=1S/C33H36O4/c1-19-11-23(7-9-29(19)34)15-25-17-27(13-21(3)31(25)36)33(5,6)28-14-22(4)32(37)26(18-28)16-24-8-10-30(35)20(2)12-24/h7-14,17-18,34-37H,15-16H2,1-6H3. The van der Waals surface area contributed by atoms with E-state index in [2.05, 4.69) is 26.0 Å². The minimum atomic E-state index is -0.393. The van der Waals surface area contributed by atoms with Gasteiger partial charge in [0.25, 0.3) is 0 Å². The predicted molar refractivity (Wildman–Crippen MR) is 149 cm³/mol. The van der Waals surface area contributed by atoms with E-state index in [1.54, 1.807) is 12.1 Å². The molecular weight excluding hydrogens is 460 g/mol. The van der Waals surface area contributed by atoms with Crippen molar-refractivity contribution in [2.45, 2.75) is 59.8 Å². The predicted octanol–water partition coefficient (Wildman–Crippen LogP) is 7.25. The summed E-state index contributed by atoms with van der Waals surface area (Å²) in [4.78, 5) is 0. The van der Waals surface area contributed by atoms with E-state index >= 15 is 0 Å². The van der Waals surface area contributed by atoms with E-state index in [-0.39, 0.29) is 23.0 Å². The Kier molecular flexibility index (Phi) is 6.96. The van der Waals surface area contributed by atoms with Gasteiger partial charge >= 0.3 is 0 Å². The molecule has 0 aromatic heterocycles. The molecule has 0 saturated carbocycles.